The van der Waals surface area contributed by atoms with Gasteiger partial charge in [-0.2, -0.15) is 0 Å². The molecular weight excluding hydrogens is 312 g/mol. The fraction of sp³-hybridized carbons (Fsp3) is 0.500. The van der Waals surface area contributed by atoms with E-state index >= 15 is 0 Å². The van der Waals surface area contributed by atoms with Crippen LogP contribution in [0.5, 0.6) is 0 Å². The van der Waals surface area contributed by atoms with Crippen LogP contribution in [0.1, 0.15) is 38.5 Å². The van der Waals surface area contributed by atoms with Gasteiger partial charge < -0.3 is 15.4 Å². The number of hydrogen-bond donors (Lipinski definition) is 2. The normalized spacial score (nSPS) is 20.7. The van der Waals surface area contributed by atoms with Gasteiger partial charge in [0.05, 0.1) is 6.10 Å². The Morgan fingerprint density at radius 3 is 2.52 bits per heavy atom. The molecule has 1 atom stereocenters. The number of ether oxygens (including phenoxy) is 1. The van der Waals surface area contributed by atoms with E-state index in [1.165, 1.54) is 25.7 Å². The highest BCUT2D eigenvalue weighted by Crippen LogP contribution is 2.25. The molecule has 1 aromatic heterocycles. The second kappa shape index (κ2) is 7.83. The van der Waals surface area contributed by atoms with Crippen molar-refractivity contribution in [1.82, 2.24) is 9.97 Å². The first kappa shape index (κ1) is 16.3. The van der Waals surface area contributed by atoms with Crippen LogP contribution in [0, 0.1) is 0 Å². The van der Waals surface area contributed by atoms with Gasteiger partial charge in [-0.25, -0.2) is 9.97 Å². The summed E-state index contributed by atoms with van der Waals surface area (Å²) in [5.41, 5.74) is 1.04. The molecule has 1 unspecified atom stereocenters. The third kappa shape index (κ3) is 4.28. The van der Waals surface area contributed by atoms with Gasteiger partial charge in [0, 0.05) is 30.8 Å². The Hall–Kier alpha value is -2.14. The molecule has 0 spiro atoms. The zero-order valence-corrected chi connectivity index (χ0v) is 14.6. The molecule has 1 aromatic carbocycles. The lowest BCUT2D eigenvalue weighted by Crippen LogP contribution is -2.20. The number of aromatic nitrogens is 2. The lowest BCUT2D eigenvalue weighted by atomic mass is 10.2. The van der Waals surface area contributed by atoms with Crippen molar-refractivity contribution in [2.24, 2.45) is 0 Å². The lowest BCUT2D eigenvalue weighted by molar-refractivity contribution is 0.120. The molecule has 4 rings (SSSR count). The Kier molecular flexibility index (Phi) is 5.11. The van der Waals surface area contributed by atoms with Crippen molar-refractivity contribution < 1.29 is 4.74 Å². The quantitative estimate of drug-likeness (QED) is 0.831. The fourth-order valence-corrected chi connectivity index (χ4v) is 3.63. The van der Waals surface area contributed by atoms with Crippen molar-refractivity contribution in [2.75, 3.05) is 23.8 Å². The van der Waals surface area contributed by atoms with E-state index in [9.17, 15) is 0 Å². The van der Waals surface area contributed by atoms with Crippen LogP contribution < -0.4 is 10.6 Å². The summed E-state index contributed by atoms with van der Waals surface area (Å²) in [6.45, 7) is 1.67. The van der Waals surface area contributed by atoms with Gasteiger partial charge in [0.25, 0.3) is 0 Å². The van der Waals surface area contributed by atoms with Crippen LogP contribution in [-0.2, 0) is 4.74 Å². The second-order valence-electron chi connectivity index (χ2n) is 6.97. The Bertz CT molecular complexity index is 679. The third-order valence-electron chi connectivity index (χ3n) is 5.00. The molecule has 1 aliphatic heterocycles. The van der Waals surface area contributed by atoms with Gasteiger partial charge in [-0.1, -0.05) is 43.2 Å². The molecule has 1 saturated heterocycles. The second-order valence-corrected chi connectivity index (χ2v) is 6.97. The molecule has 5 nitrogen and oxygen atoms in total. The number of rotatable bonds is 6. The summed E-state index contributed by atoms with van der Waals surface area (Å²) < 4.78 is 5.71. The van der Waals surface area contributed by atoms with Crippen LogP contribution in [0.4, 0.5) is 11.6 Å². The van der Waals surface area contributed by atoms with Crippen LogP contribution >= 0.6 is 0 Å². The highest BCUT2D eigenvalue weighted by molar-refractivity contribution is 5.61. The predicted octanol–water partition coefficient (Wildman–Crippen LogP) is 4.09. The van der Waals surface area contributed by atoms with E-state index in [1.807, 2.05) is 24.3 Å². The summed E-state index contributed by atoms with van der Waals surface area (Å²) in [6.07, 6.45) is 7.63. The van der Waals surface area contributed by atoms with Gasteiger partial charge in [-0.3, -0.25) is 0 Å². The smallest absolute Gasteiger partial charge is 0.163 e. The van der Waals surface area contributed by atoms with Gasteiger partial charge in [0.1, 0.15) is 11.6 Å². The Labute approximate surface area is 149 Å². The minimum atomic E-state index is 0.293. The van der Waals surface area contributed by atoms with Gasteiger partial charge in [-0.15, -0.1) is 0 Å². The number of nitrogens with one attached hydrogen (secondary N) is 2. The number of benzene rings is 1. The van der Waals surface area contributed by atoms with Crippen molar-refractivity contribution in [2.45, 2.75) is 50.7 Å². The first-order valence-corrected chi connectivity index (χ1v) is 9.43. The van der Waals surface area contributed by atoms with Crippen LogP contribution in [0.2, 0.25) is 0 Å². The number of hydrogen-bond acceptors (Lipinski definition) is 5. The Morgan fingerprint density at radius 1 is 0.960 bits per heavy atom. The van der Waals surface area contributed by atoms with Crippen LogP contribution in [0.25, 0.3) is 11.4 Å². The van der Waals surface area contributed by atoms with E-state index in [-0.39, 0.29) is 0 Å². The van der Waals surface area contributed by atoms with Gasteiger partial charge >= 0.3 is 0 Å². The number of nitrogens with zero attached hydrogens (tertiary/aromatic N) is 2. The molecule has 5 heteroatoms. The van der Waals surface area contributed by atoms with Gasteiger partial charge in [-0.05, 0) is 25.7 Å². The summed E-state index contributed by atoms with van der Waals surface area (Å²) in [6, 6.07) is 12.7. The molecule has 0 bridgehead atoms. The molecule has 2 fully saturated rings. The topological polar surface area (TPSA) is 59.1 Å². The maximum atomic E-state index is 5.71. The fourth-order valence-electron chi connectivity index (χ4n) is 3.63. The van der Waals surface area contributed by atoms with Gasteiger partial charge in [0.2, 0.25) is 0 Å². The van der Waals surface area contributed by atoms with E-state index in [1.54, 1.807) is 0 Å². The van der Waals surface area contributed by atoms with E-state index in [0.717, 1.165) is 49.0 Å². The van der Waals surface area contributed by atoms with E-state index < -0.39 is 0 Å². The Morgan fingerprint density at radius 2 is 1.76 bits per heavy atom. The summed E-state index contributed by atoms with van der Waals surface area (Å²) in [4.78, 5) is 9.47. The van der Waals surface area contributed by atoms with Crippen molar-refractivity contribution in [1.29, 1.82) is 0 Å². The lowest BCUT2D eigenvalue weighted by Gasteiger charge is -2.16. The van der Waals surface area contributed by atoms with Crippen molar-refractivity contribution >= 4 is 11.6 Å². The van der Waals surface area contributed by atoms with Crippen LogP contribution in [0.15, 0.2) is 36.4 Å². The van der Waals surface area contributed by atoms with Crippen LogP contribution in [0.3, 0.4) is 0 Å². The summed E-state index contributed by atoms with van der Waals surface area (Å²) in [5, 5.41) is 7.04. The highest BCUT2D eigenvalue weighted by atomic mass is 16.5. The first-order valence-electron chi connectivity index (χ1n) is 9.43. The highest BCUT2D eigenvalue weighted by Gasteiger charge is 2.18. The van der Waals surface area contributed by atoms with E-state index in [4.69, 9.17) is 14.7 Å². The molecule has 2 aliphatic rings. The molecule has 2 N–H and O–H groups in total. The first-order chi connectivity index (χ1) is 12.4. The summed E-state index contributed by atoms with van der Waals surface area (Å²) >= 11 is 0. The molecule has 1 aliphatic carbocycles. The zero-order chi connectivity index (χ0) is 16.9. The molecule has 25 heavy (non-hydrogen) atoms. The monoisotopic (exact) mass is 338 g/mol. The molecule has 0 radical (unpaired) electrons. The molecule has 2 heterocycles. The zero-order valence-electron chi connectivity index (χ0n) is 14.6. The maximum absolute atomic E-state index is 5.71. The minimum absolute atomic E-state index is 0.293. The minimum Gasteiger partial charge on any atom is -0.376 e. The average Bonchev–Trinajstić information content (AvgIpc) is 3.34. The summed E-state index contributed by atoms with van der Waals surface area (Å²) in [5.74, 6) is 2.54. The predicted molar refractivity (Wildman–Crippen MR) is 101 cm³/mol. The van der Waals surface area contributed by atoms with E-state index in [2.05, 4.69) is 22.8 Å². The van der Waals surface area contributed by atoms with Crippen molar-refractivity contribution in [3.63, 3.8) is 0 Å². The molecule has 1 saturated carbocycles. The van der Waals surface area contributed by atoms with Gasteiger partial charge in [0.15, 0.2) is 5.82 Å². The molecule has 0 amide bonds. The van der Waals surface area contributed by atoms with Crippen molar-refractivity contribution in [3.8, 4) is 11.4 Å². The van der Waals surface area contributed by atoms with E-state index in [0.29, 0.717) is 12.1 Å². The molecule has 132 valence electrons. The van der Waals surface area contributed by atoms with Crippen LogP contribution in [-0.4, -0.2) is 35.3 Å². The maximum Gasteiger partial charge on any atom is 0.163 e. The third-order valence-corrected chi connectivity index (χ3v) is 5.00. The molecular formula is C20H26N4O. The number of anilines is 2. The Balaban J connectivity index is 1.55. The SMILES string of the molecule is c1ccc(-c2nc(NCC3CCCO3)cc(NC3CCCC3)n2)cc1. The average molecular weight is 338 g/mol. The van der Waals surface area contributed by atoms with Crippen molar-refractivity contribution in [3.05, 3.63) is 36.4 Å². The standard InChI is InChI=1S/C20H26N4O/c1-2-7-15(8-3-1)20-23-18(21-14-17-11-6-12-25-17)13-19(24-20)22-16-9-4-5-10-16/h1-3,7-8,13,16-17H,4-6,9-12,14H2,(H2,21,22,23,24). The molecule has 2 aromatic rings. The largest absolute Gasteiger partial charge is 0.376 e. The summed E-state index contributed by atoms with van der Waals surface area (Å²) in [7, 11) is 0.